The Morgan fingerprint density at radius 2 is 2.15 bits per heavy atom. The van der Waals surface area contributed by atoms with Gasteiger partial charge in [0.05, 0.1) is 6.61 Å². The summed E-state index contributed by atoms with van der Waals surface area (Å²) < 4.78 is 6.01. The molecule has 1 atom stereocenters. The van der Waals surface area contributed by atoms with Gasteiger partial charge in [-0.1, -0.05) is 18.2 Å². The van der Waals surface area contributed by atoms with Gasteiger partial charge in [0.2, 0.25) is 0 Å². The highest BCUT2D eigenvalue weighted by molar-refractivity contribution is 9.10. The molecule has 0 aliphatic heterocycles. The molecule has 1 unspecified atom stereocenters. The van der Waals surface area contributed by atoms with Crippen LogP contribution in [0.4, 0.5) is 5.69 Å². The number of hydrogen-bond donors (Lipinski definition) is 1. The number of ether oxygens (including phenoxy) is 1. The van der Waals surface area contributed by atoms with E-state index in [2.05, 4.69) is 26.2 Å². The van der Waals surface area contributed by atoms with Crippen LogP contribution in [0.3, 0.4) is 0 Å². The van der Waals surface area contributed by atoms with Gasteiger partial charge in [-0.3, -0.25) is 4.98 Å². The van der Waals surface area contributed by atoms with Crippen LogP contribution < -0.4 is 5.32 Å². The van der Waals surface area contributed by atoms with Gasteiger partial charge in [0.1, 0.15) is 0 Å². The molecule has 0 aliphatic carbocycles. The van der Waals surface area contributed by atoms with Gasteiger partial charge in [0.15, 0.2) is 6.04 Å². The van der Waals surface area contributed by atoms with E-state index in [1.807, 2.05) is 30.3 Å². The molecule has 5 heteroatoms. The zero-order chi connectivity index (χ0) is 14.4. The third-order valence-electron chi connectivity index (χ3n) is 2.71. The molecule has 1 aromatic heterocycles. The van der Waals surface area contributed by atoms with E-state index in [-0.39, 0.29) is 5.97 Å². The van der Waals surface area contributed by atoms with Crippen molar-refractivity contribution in [1.29, 1.82) is 0 Å². The van der Waals surface area contributed by atoms with Crippen molar-refractivity contribution in [2.45, 2.75) is 13.0 Å². The fraction of sp³-hybridized carbons (Fsp3) is 0.200. The number of rotatable bonds is 5. The Hall–Kier alpha value is -1.88. The number of carbonyl (C=O) groups is 1. The van der Waals surface area contributed by atoms with E-state index in [0.29, 0.717) is 6.61 Å². The van der Waals surface area contributed by atoms with Crippen LogP contribution in [-0.2, 0) is 9.53 Å². The summed E-state index contributed by atoms with van der Waals surface area (Å²) in [5.74, 6) is -0.323. The van der Waals surface area contributed by atoms with Crippen LogP contribution in [0.15, 0.2) is 53.3 Å². The number of nitrogens with one attached hydrogen (secondary N) is 1. The summed E-state index contributed by atoms with van der Waals surface area (Å²) in [5, 5.41) is 3.19. The summed E-state index contributed by atoms with van der Waals surface area (Å²) >= 11 is 3.46. The Bertz CT molecular complexity index is 575. The number of pyridine rings is 1. The predicted octanol–water partition coefficient (Wildman–Crippen LogP) is 3.56. The third-order valence-corrected chi connectivity index (χ3v) is 3.41. The van der Waals surface area contributed by atoms with Gasteiger partial charge in [0, 0.05) is 28.1 Å². The molecular weight excluding hydrogens is 320 g/mol. The van der Waals surface area contributed by atoms with Crippen molar-refractivity contribution in [2.75, 3.05) is 11.9 Å². The van der Waals surface area contributed by atoms with Crippen LogP contribution in [0, 0.1) is 0 Å². The van der Waals surface area contributed by atoms with Crippen LogP contribution in [-0.4, -0.2) is 17.6 Å². The molecule has 0 spiro atoms. The highest BCUT2D eigenvalue weighted by Crippen LogP contribution is 2.26. The van der Waals surface area contributed by atoms with E-state index in [4.69, 9.17) is 4.74 Å². The number of anilines is 1. The highest BCUT2D eigenvalue weighted by Gasteiger charge is 2.22. The second-order valence-corrected chi connectivity index (χ2v) is 4.95. The molecule has 1 N–H and O–H groups in total. The van der Waals surface area contributed by atoms with Gasteiger partial charge < -0.3 is 10.1 Å². The number of aromatic nitrogens is 1. The van der Waals surface area contributed by atoms with Crippen molar-refractivity contribution in [1.82, 2.24) is 4.98 Å². The summed E-state index contributed by atoms with van der Waals surface area (Å²) in [7, 11) is 0. The number of para-hydroxylation sites is 1. The van der Waals surface area contributed by atoms with Gasteiger partial charge in [0.25, 0.3) is 0 Å². The lowest BCUT2D eigenvalue weighted by atomic mass is 10.1. The smallest absolute Gasteiger partial charge is 0.333 e. The summed E-state index contributed by atoms with van der Waals surface area (Å²) in [4.78, 5) is 16.2. The normalized spacial score (nSPS) is 11.7. The summed E-state index contributed by atoms with van der Waals surface area (Å²) in [6.45, 7) is 2.13. The Kier molecular flexibility index (Phi) is 5.12. The zero-order valence-corrected chi connectivity index (χ0v) is 12.6. The molecule has 2 rings (SSSR count). The third kappa shape index (κ3) is 3.57. The van der Waals surface area contributed by atoms with Crippen molar-refractivity contribution in [3.05, 3.63) is 58.8 Å². The van der Waals surface area contributed by atoms with Crippen molar-refractivity contribution in [3.8, 4) is 0 Å². The number of hydrogen-bond acceptors (Lipinski definition) is 4. The van der Waals surface area contributed by atoms with Crippen LogP contribution in [0.2, 0.25) is 0 Å². The van der Waals surface area contributed by atoms with E-state index < -0.39 is 6.04 Å². The molecule has 0 saturated carbocycles. The Morgan fingerprint density at radius 3 is 2.80 bits per heavy atom. The molecule has 4 nitrogen and oxygen atoms in total. The van der Waals surface area contributed by atoms with Gasteiger partial charge in [-0.25, -0.2) is 4.79 Å². The predicted molar refractivity (Wildman–Crippen MR) is 81.4 cm³/mol. The van der Waals surface area contributed by atoms with Gasteiger partial charge in [-0.2, -0.15) is 0 Å². The molecule has 0 fully saturated rings. The van der Waals surface area contributed by atoms with E-state index in [1.165, 1.54) is 0 Å². The Morgan fingerprint density at radius 1 is 1.35 bits per heavy atom. The second kappa shape index (κ2) is 7.05. The summed E-state index contributed by atoms with van der Waals surface area (Å²) in [5.41, 5.74) is 1.59. The lowest BCUT2D eigenvalue weighted by Crippen LogP contribution is -2.23. The average Bonchev–Trinajstić information content (AvgIpc) is 2.47. The molecule has 1 aromatic carbocycles. The van der Waals surface area contributed by atoms with Crippen molar-refractivity contribution in [3.63, 3.8) is 0 Å². The number of nitrogens with zero attached hydrogens (tertiary/aromatic N) is 1. The minimum Gasteiger partial charge on any atom is -0.464 e. The first-order valence-corrected chi connectivity index (χ1v) is 7.09. The quantitative estimate of drug-likeness (QED) is 0.849. The molecule has 0 radical (unpaired) electrons. The average molecular weight is 335 g/mol. The minimum atomic E-state index is -0.581. The first-order chi connectivity index (χ1) is 9.72. The van der Waals surface area contributed by atoms with E-state index in [9.17, 15) is 4.79 Å². The van der Waals surface area contributed by atoms with E-state index in [1.54, 1.807) is 25.4 Å². The monoisotopic (exact) mass is 334 g/mol. The SMILES string of the molecule is CCOC(=O)C(Nc1ccccc1Br)c1cccnc1. The zero-order valence-electron chi connectivity index (χ0n) is 11.0. The molecule has 1 heterocycles. The first kappa shape index (κ1) is 14.5. The lowest BCUT2D eigenvalue weighted by Gasteiger charge is -2.19. The van der Waals surface area contributed by atoms with Crippen molar-refractivity contribution in [2.24, 2.45) is 0 Å². The lowest BCUT2D eigenvalue weighted by molar-refractivity contribution is -0.144. The maximum atomic E-state index is 12.1. The molecule has 0 bridgehead atoms. The summed E-state index contributed by atoms with van der Waals surface area (Å²) in [6, 6.07) is 10.7. The molecule has 0 saturated heterocycles. The standard InChI is InChI=1S/C15H15BrN2O2/c1-2-20-15(19)14(11-6-5-9-17-10-11)18-13-8-4-3-7-12(13)16/h3-10,14,18H,2H2,1H3. The van der Waals surface area contributed by atoms with Crippen molar-refractivity contribution < 1.29 is 9.53 Å². The van der Waals surface area contributed by atoms with Gasteiger partial charge >= 0.3 is 5.97 Å². The highest BCUT2D eigenvalue weighted by atomic mass is 79.9. The number of carbonyl (C=O) groups excluding carboxylic acids is 1. The minimum absolute atomic E-state index is 0.323. The van der Waals surface area contributed by atoms with E-state index in [0.717, 1.165) is 15.7 Å². The largest absolute Gasteiger partial charge is 0.464 e. The number of halogens is 1. The topological polar surface area (TPSA) is 51.2 Å². The molecule has 0 aliphatic rings. The van der Waals surface area contributed by atoms with Crippen molar-refractivity contribution >= 4 is 27.6 Å². The fourth-order valence-electron chi connectivity index (χ4n) is 1.78. The molecule has 104 valence electrons. The molecule has 0 amide bonds. The maximum Gasteiger partial charge on any atom is 0.333 e. The fourth-order valence-corrected chi connectivity index (χ4v) is 2.18. The van der Waals surface area contributed by atoms with Gasteiger partial charge in [-0.05, 0) is 41.1 Å². The number of esters is 1. The van der Waals surface area contributed by atoms with Gasteiger partial charge in [-0.15, -0.1) is 0 Å². The first-order valence-electron chi connectivity index (χ1n) is 6.30. The van der Waals surface area contributed by atoms with Crippen LogP contribution in [0.5, 0.6) is 0 Å². The van der Waals surface area contributed by atoms with Crippen LogP contribution in [0.1, 0.15) is 18.5 Å². The van der Waals surface area contributed by atoms with E-state index >= 15 is 0 Å². The Labute approximate surface area is 126 Å². The molecule has 20 heavy (non-hydrogen) atoms. The number of benzene rings is 1. The maximum absolute atomic E-state index is 12.1. The Balaban J connectivity index is 2.28. The second-order valence-electron chi connectivity index (χ2n) is 4.10. The summed E-state index contributed by atoms with van der Waals surface area (Å²) in [6.07, 6.45) is 3.33. The van der Waals surface area contributed by atoms with Crippen LogP contribution in [0.25, 0.3) is 0 Å². The molecule has 2 aromatic rings. The van der Waals surface area contributed by atoms with Crippen LogP contribution >= 0.6 is 15.9 Å². The molecular formula is C15H15BrN2O2.